The zero-order valence-corrected chi connectivity index (χ0v) is 14.0. The molecule has 0 N–H and O–H groups in total. The van der Waals surface area contributed by atoms with E-state index in [0.717, 1.165) is 11.1 Å². The second kappa shape index (κ2) is 6.28. The number of hydrogen-bond acceptors (Lipinski definition) is 5. The minimum absolute atomic E-state index is 0.148. The first kappa shape index (κ1) is 15.9. The van der Waals surface area contributed by atoms with Crippen molar-refractivity contribution in [2.75, 3.05) is 21.3 Å². The van der Waals surface area contributed by atoms with E-state index in [2.05, 4.69) is 0 Å². The van der Waals surface area contributed by atoms with Crippen LogP contribution in [-0.2, 0) is 0 Å². The molecule has 0 spiro atoms. The molecule has 0 aliphatic carbocycles. The molecule has 124 valence electrons. The van der Waals surface area contributed by atoms with E-state index in [1.807, 2.05) is 13.0 Å². The predicted molar refractivity (Wildman–Crippen MR) is 90.2 cm³/mol. The Kier molecular flexibility index (Phi) is 4.16. The molecule has 0 saturated carbocycles. The molecule has 2 aromatic carbocycles. The normalized spacial score (nSPS) is 14.3. The van der Waals surface area contributed by atoms with Gasteiger partial charge in [-0.2, -0.15) is 0 Å². The lowest BCUT2D eigenvalue weighted by Crippen LogP contribution is -1.98. The molecule has 1 heterocycles. The smallest absolute Gasteiger partial charge is 0.231 e. The average molecular weight is 326 g/mol. The van der Waals surface area contributed by atoms with Crippen molar-refractivity contribution in [2.24, 2.45) is 0 Å². The molecule has 0 radical (unpaired) electrons. The van der Waals surface area contributed by atoms with Gasteiger partial charge in [-0.1, -0.05) is 6.07 Å². The van der Waals surface area contributed by atoms with Gasteiger partial charge in [-0.05, 0) is 42.8 Å². The summed E-state index contributed by atoms with van der Waals surface area (Å²) in [6.45, 7) is 1.87. The highest BCUT2D eigenvalue weighted by atomic mass is 16.5. The topological polar surface area (TPSA) is 54.0 Å². The van der Waals surface area contributed by atoms with Crippen molar-refractivity contribution in [3.8, 4) is 23.0 Å². The standard InChI is InChI=1S/C19H18O5/c1-11-14(21-2)8-6-13-18(20)17(24-19(11)13)10-12-5-7-15(22-3)16(9-12)23-4/h5-10H,1-4H3/b17-10-. The van der Waals surface area contributed by atoms with Gasteiger partial charge in [0.1, 0.15) is 11.5 Å². The Morgan fingerprint density at radius 3 is 2.25 bits per heavy atom. The van der Waals surface area contributed by atoms with E-state index in [1.165, 1.54) is 0 Å². The van der Waals surface area contributed by atoms with Gasteiger partial charge >= 0.3 is 0 Å². The summed E-state index contributed by atoms with van der Waals surface area (Å²) < 4.78 is 21.6. The van der Waals surface area contributed by atoms with Gasteiger partial charge in [0.15, 0.2) is 17.3 Å². The van der Waals surface area contributed by atoms with Gasteiger partial charge in [0, 0.05) is 5.56 Å². The van der Waals surface area contributed by atoms with Crippen molar-refractivity contribution in [3.63, 3.8) is 0 Å². The number of hydrogen-bond donors (Lipinski definition) is 0. The van der Waals surface area contributed by atoms with E-state index >= 15 is 0 Å². The zero-order chi connectivity index (χ0) is 17.3. The third-order valence-corrected chi connectivity index (χ3v) is 3.96. The predicted octanol–water partition coefficient (Wildman–Crippen LogP) is 3.64. The van der Waals surface area contributed by atoms with Crippen LogP contribution in [0, 0.1) is 6.92 Å². The van der Waals surface area contributed by atoms with Crippen LogP contribution >= 0.6 is 0 Å². The summed E-state index contributed by atoms with van der Waals surface area (Å²) in [6.07, 6.45) is 1.69. The van der Waals surface area contributed by atoms with Crippen molar-refractivity contribution in [1.29, 1.82) is 0 Å². The van der Waals surface area contributed by atoms with Gasteiger partial charge in [-0.3, -0.25) is 4.79 Å². The van der Waals surface area contributed by atoms with Crippen molar-refractivity contribution in [1.82, 2.24) is 0 Å². The summed E-state index contributed by atoms with van der Waals surface area (Å²) in [5.74, 6) is 2.58. The fourth-order valence-electron chi connectivity index (χ4n) is 2.68. The SMILES string of the molecule is COc1ccc(/C=C2\Oc3c(ccc(OC)c3C)C2=O)cc1OC. The van der Waals surface area contributed by atoms with Crippen LogP contribution in [0.3, 0.4) is 0 Å². The highest BCUT2D eigenvalue weighted by molar-refractivity contribution is 6.15. The molecule has 0 bridgehead atoms. The largest absolute Gasteiger partial charge is 0.496 e. The Balaban J connectivity index is 1.98. The van der Waals surface area contributed by atoms with Gasteiger partial charge in [-0.15, -0.1) is 0 Å². The quantitative estimate of drug-likeness (QED) is 0.803. The highest BCUT2D eigenvalue weighted by Crippen LogP contribution is 2.39. The third kappa shape index (κ3) is 2.58. The number of methoxy groups -OCH3 is 3. The highest BCUT2D eigenvalue weighted by Gasteiger charge is 2.30. The molecule has 3 rings (SSSR count). The lowest BCUT2D eigenvalue weighted by atomic mass is 10.1. The van der Waals surface area contributed by atoms with Crippen LogP contribution in [0.5, 0.6) is 23.0 Å². The molecule has 0 fully saturated rings. The number of Topliss-reactive ketones (excluding diaryl/α,β-unsaturated/α-hetero) is 1. The molecule has 0 saturated heterocycles. The first-order chi connectivity index (χ1) is 11.6. The Bertz CT molecular complexity index is 836. The molecule has 24 heavy (non-hydrogen) atoms. The molecule has 0 atom stereocenters. The molecule has 1 aliphatic rings. The molecule has 1 aliphatic heterocycles. The summed E-state index contributed by atoms with van der Waals surface area (Å²) in [5.41, 5.74) is 2.13. The molecule has 2 aromatic rings. The maximum Gasteiger partial charge on any atom is 0.231 e. The van der Waals surface area contributed by atoms with Gasteiger partial charge < -0.3 is 18.9 Å². The molecular formula is C19H18O5. The fraction of sp³-hybridized carbons (Fsp3) is 0.211. The number of carbonyl (C=O) groups is 1. The van der Waals surface area contributed by atoms with Crippen molar-refractivity contribution in [2.45, 2.75) is 6.92 Å². The minimum atomic E-state index is -0.148. The lowest BCUT2D eigenvalue weighted by molar-refractivity contribution is 0.101. The Hall–Kier alpha value is -2.95. The van der Waals surface area contributed by atoms with Gasteiger partial charge in [0.05, 0.1) is 26.9 Å². The molecule has 0 aromatic heterocycles. The zero-order valence-electron chi connectivity index (χ0n) is 14.0. The van der Waals surface area contributed by atoms with Gasteiger partial charge in [0.25, 0.3) is 0 Å². The number of carbonyl (C=O) groups excluding carboxylic acids is 1. The third-order valence-electron chi connectivity index (χ3n) is 3.96. The van der Waals surface area contributed by atoms with Crippen LogP contribution in [-0.4, -0.2) is 27.1 Å². The van der Waals surface area contributed by atoms with Crippen molar-refractivity contribution in [3.05, 3.63) is 52.8 Å². The lowest BCUT2D eigenvalue weighted by Gasteiger charge is -2.08. The number of allylic oxidation sites excluding steroid dienone is 1. The summed E-state index contributed by atoms with van der Waals surface area (Å²) in [6, 6.07) is 8.90. The maximum absolute atomic E-state index is 12.5. The summed E-state index contributed by atoms with van der Waals surface area (Å²) in [5, 5.41) is 0. The first-order valence-electron chi connectivity index (χ1n) is 7.43. The van der Waals surface area contributed by atoms with Crippen molar-refractivity contribution < 1.29 is 23.7 Å². The minimum Gasteiger partial charge on any atom is -0.496 e. The van der Waals surface area contributed by atoms with E-state index in [-0.39, 0.29) is 11.5 Å². The summed E-state index contributed by atoms with van der Waals surface area (Å²) in [7, 11) is 4.73. The van der Waals surface area contributed by atoms with E-state index in [4.69, 9.17) is 18.9 Å². The second-order valence-electron chi connectivity index (χ2n) is 5.32. The molecule has 5 nitrogen and oxygen atoms in total. The van der Waals surface area contributed by atoms with Crippen LogP contribution in [0.15, 0.2) is 36.1 Å². The Labute approximate surface area is 140 Å². The van der Waals surface area contributed by atoms with Gasteiger partial charge in [0.2, 0.25) is 5.78 Å². The Morgan fingerprint density at radius 2 is 1.58 bits per heavy atom. The number of fused-ring (bicyclic) bond motifs is 1. The van der Waals surface area contributed by atoms with Gasteiger partial charge in [-0.25, -0.2) is 0 Å². The van der Waals surface area contributed by atoms with E-state index < -0.39 is 0 Å². The fourth-order valence-corrected chi connectivity index (χ4v) is 2.68. The van der Waals surface area contributed by atoms with E-state index in [0.29, 0.717) is 28.6 Å². The van der Waals surface area contributed by atoms with E-state index in [9.17, 15) is 4.79 Å². The van der Waals surface area contributed by atoms with Crippen LogP contribution in [0.4, 0.5) is 0 Å². The molecule has 0 amide bonds. The maximum atomic E-state index is 12.5. The van der Waals surface area contributed by atoms with Crippen LogP contribution in [0.1, 0.15) is 21.5 Å². The summed E-state index contributed by atoms with van der Waals surface area (Å²) >= 11 is 0. The summed E-state index contributed by atoms with van der Waals surface area (Å²) in [4.78, 5) is 12.5. The molecule has 5 heteroatoms. The monoisotopic (exact) mass is 326 g/mol. The number of ketones is 1. The number of rotatable bonds is 4. The number of benzene rings is 2. The van der Waals surface area contributed by atoms with Crippen molar-refractivity contribution >= 4 is 11.9 Å². The molecule has 0 unspecified atom stereocenters. The first-order valence-corrected chi connectivity index (χ1v) is 7.43. The second-order valence-corrected chi connectivity index (χ2v) is 5.32. The van der Waals surface area contributed by atoms with Crippen LogP contribution < -0.4 is 18.9 Å². The molecular weight excluding hydrogens is 308 g/mol. The average Bonchev–Trinajstić information content (AvgIpc) is 2.92. The van der Waals surface area contributed by atoms with Crippen LogP contribution in [0.2, 0.25) is 0 Å². The Morgan fingerprint density at radius 1 is 0.917 bits per heavy atom. The van der Waals surface area contributed by atoms with Crippen LogP contribution in [0.25, 0.3) is 6.08 Å². The van der Waals surface area contributed by atoms with E-state index in [1.54, 1.807) is 51.7 Å². The number of ether oxygens (including phenoxy) is 4.